The average molecular weight is 137 g/mol. The van der Waals surface area contributed by atoms with Crippen LogP contribution in [-0.4, -0.2) is 0 Å². The minimum atomic E-state index is 1.00. The van der Waals surface area contributed by atoms with Gasteiger partial charge in [-0.15, -0.1) is 6.58 Å². The molecule has 0 aliphatic rings. The molecule has 0 aromatic rings. The van der Waals surface area contributed by atoms with Crippen molar-refractivity contribution in [2.45, 2.75) is 32.1 Å². The van der Waals surface area contributed by atoms with Gasteiger partial charge in [-0.2, -0.15) is 0 Å². The maximum absolute atomic E-state index is 3.78. The Balaban J connectivity index is 2.94. The van der Waals surface area contributed by atoms with Crippen LogP contribution in [0.5, 0.6) is 0 Å². The average Bonchev–Trinajstić information content (AvgIpc) is 1.97. The van der Waals surface area contributed by atoms with Crippen molar-refractivity contribution in [3.63, 3.8) is 0 Å². The first-order valence-electron chi connectivity index (χ1n) is 3.97. The molecule has 0 unspecified atom stereocenters. The summed E-state index contributed by atoms with van der Waals surface area (Å²) in [7, 11) is 0. The van der Waals surface area contributed by atoms with E-state index in [-0.39, 0.29) is 0 Å². The molecule has 0 fully saturated rings. The molecule has 0 saturated heterocycles. The molecule has 0 nitrogen and oxygen atoms in total. The number of unbranched alkanes of at least 4 members (excludes halogenated alkanes) is 3. The van der Waals surface area contributed by atoms with Crippen LogP contribution < -0.4 is 0 Å². The molecule has 0 atom stereocenters. The Hall–Kier alpha value is -0.520. The summed E-state index contributed by atoms with van der Waals surface area (Å²) < 4.78 is 0. The van der Waals surface area contributed by atoms with Gasteiger partial charge in [0, 0.05) is 0 Å². The van der Waals surface area contributed by atoms with Gasteiger partial charge in [0.2, 0.25) is 0 Å². The van der Waals surface area contributed by atoms with Crippen molar-refractivity contribution in [2.75, 3.05) is 0 Å². The van der Waals surface area contributed by atoms with E-state index in [4.69, 9.17) is 0 Å². The van der Waals surface area contributed by atoms with Crippen molar-refractivity contribution in [1.29, 1.82) is 0 Å². The molecule has 1 radical (unpaired) electrons. The summed E-state index contributed by atoms with van der Waals surface area (Å²) in [6.45, 7) is 7.41. The van der Waals surface area contributed by atoms with Gasteiger partial charge >= 0.3 is 0 Å². The van der Waals surface area contributed by atoms with Gasteiger partial charge in [-0.3, -0.25) is 0 Å². The van der Waals surface area contributed by atoms with Gasteiger partial charge < -0.3 is 0 Å². The third kappa shape index (κ3) is 7.48. The van der Waals surface area contributed by atoms with Crippen LogP contribution in [0.4, 0.5) is 0 Å². The van der Waals surface area contributed by atoms with E-state index in [0.29, 0.717) is 0 Å². The molecule has 0 bridgehead atoms. The summed E-state index contributed by atoms with van der Waals surface area (Å²) in [6, 6.07) is 0. The second-order valence-corrected chi connectivity index (χ2v) is 2.35. The van der Waals surface area contributed by atoms with Crippen molar-refractivity contribution < 1.29 is 0 Å². The van der Waals surface area contributed by atoms with Crippen LogP contribution in [0.1, 0.15) is 32.1 Å². The van der Waals surface area contributed by atoms with E-state index in [1.807, 2.05) is 6.08 Å². The van der Waals surface area contributed by atoms with Crippen molar-refractivity contribution >= 4 is 0 Å². The lowest BCUT2D eigenvalue weighted by Gasteiger charge is -1.89. The van der Waals surface area contributed by atoms with E-state index in [0.717, 1.165) is 12.8 Å². The first-order chi connectivity index (χ1) is 4.91. The van der Waals surface area contributed by atoms with Gasteiger partial charge in [-0.25, -0.2) is 0 Å². The van der Waals surface area contributed by atoms with Gasteiger partial charge in [-0.05, 0) is 19.3 Å². The van der Waals surface area contributed by atoms with Crippen LogP contribution in [0, 0.1) is 6.92 Å². The Morgan fingerprint density at radius 3 is 2.50 bits per heavy atom. The zero-order chi connectivity index (χ0) is 7.66. The summed E-state index contributed by atoms with van der Waals surface area (Å²) >= 11 is 0. The molecule has 0 heteroatoms. The molecular formula is C10H17. The van der Waals surface area contributed by atoms with Gasteiger partial charge in [0.15, 0.2) is 0 Å². The number of allylic oxidation sites excluding steroid dienone is 3. The third-order valence-corrected chi connectivity index (χ3v) is 1.34. The summed E-state index contributed by atoms with van der Waals surface area (Å²) in [5.41, 5.74) is 0. The fourth-order valence-electron chi connectivity index (χ4n) is 0.749. The highest BCUT2D eigenvalue weighted by molar-refractivity contribution is 4.87. The van der Waals surface area contributed by atoms with Crippen LogP contribution >= 0.6 is 0 Å². The van der Waals surface area contributed by atoms with E-state index in [9.17, 15) is 0 Å². The summed E-state index contributed by atoms with van der Waals surface area (Å²) in [4.78, 5) is 0. The highest BCUT2D eigenvalue weighted by Gasteiger charge is 1.79. The Kier molecular flexibility index (Phi) is 8.04. The Morgan fingerprint density at radius 1 is 1.10 bits per heavy atom. The second-order valence-electron chi connectivity index (χ2n) is 2.35. The first-order valence-corrected chi connectivity index (χ1v) is 3.97. The van der Waals surface area contributed by atoms with Gasteiger partial charge in [0.05, 0.1) is 0 Å². The van der Waals surface area contributed by atoms with E-state index in [2.05, 4.69) is 25.7 Å². The zero-order valence-electron chi connectivity index (χ0n) is 6.68. The van der Waals surface area contributed by atoms with Crippen molar-refractivity contribution in [1.82, 2.24) is 0 Å². The lowest BCUT2D eigenvalue weighted by molar-refractivity contribution is 0.759. The maximum atomic E-state index is 3.78. The van der Waals surface area contributed by atoms with Gasteiger partial charge in [0.1, 0.15) is 0 Å². The Morgan fingerprint density at radius 2 is 1.90 bits per heavy atom. The molecule has 0 amide bonds. The largest absolute Gasteiger partial charge is 0.103 e. The topological polar surface area (TPSA) is 0 Å². The molecule has 0 aliphatic heterocycles. The summed E-state index contributed by atoms with van der Waals surface area (Å²) in [5, 5.41) is 0. The van der Waals surface area contributed by atoms with Gasteiger partial charge in [0.25, 0.3) is 0 Å². The fourth-order valence-corrected chi connectivity index (χ4v) is 0.749. The molecule has 0 aromatic carbocycles. The second kappa shape index (κ2) is 8.48. The van der Waals surface area contributed by atoms with Crippen molar-refractivity contribution in [2.24, 2.45) is 0 Å². The molecule has 0 aliphatic carbocycles. The molecule has 0 aromatic heterocycles. The lowest BCUT2D eigenvalue weighted by atomic mass is 10.2. The van der Waals surface area contributed by atoms with Crippen LogP contribution in [-0.2, 0) is 0 Å². The van der Waals surface area contributed by atoms with Crippen LogP contribution in [0.2, 0.25) is 0 Å². The fraction of sp³-hybridized carbons (Fsp3) is 0.500. The molecule has 0 saturated carbocycles. The Bertz CT molecular complexity index is 90.2. The predicted octanol–water partition coefficient (Wildman–Crippen LogP) is 3.51. The van der Waals surface area contributed by atoms with Crippen LogP contribution in [0.25, 0.3) is 0 Å². The monoisotopic (exact) mass is 137 g/mol. The molecule has 57 valence electrons. The smallest absolute Gasteiger partial charge is 0.0172 e. The summed E-state index contributed by atoms with van der Waals surface area (Å²) in [6.07, 6.45) is 12.1. The molecule has 0 heterocycles. The number of hydrogen-bond acceptors (Lipinski definition) is 0. The van der Waals surface area contributed by atoms with Crippen molar-refractivity contribution in [3.8, 4) is 0 Å². The van der Waals surface area contributed by atoms with Gasteiger partial charge in [-0.1, -0.05) is 38.0 Å². The number of rotatable bonds is 6. The minimum Gasteiger partial charge on any atom is -0.103 e. The standard InChI is InChI=1S/C10H17/c1-3-5-7-9-10-8-6-4-2/h3,7,9H,1-2,4-6,8,10H2/b9-7+. The molecular weight excluding hydrogens is 120 g/mol. The summed E-state index contributed by atoms with van der Waals surface area (Å²) in [5.74, 6) is 0. The van der Waals surface area contributed by atoms with E-state index < -0.39 is 0 Å². The first kappa shape index (κ1) is 9.48. The van der Waals surface area contributed by atoms with Crippen molar-refractivity contribution in [3.05, 3.63) is 31.7 Å². The van der Waals surface area contributed by atoms with Crippen LogP contribution in [0.15, 0.2) is 24.8 Å². The van der Waals surface area contributed by atoms with Crippen LogP contribution in [0.3, 0.4) is 0 Å². The lowest BCUT2D eigenvalue weighted by Crippen LogP contribution is -1.70. The highest BCUT2D eigenvalue weighted by Crippen LogP contribution is 1.99. The third-order valence-electron chi connectivity index (χ3n) is 1.34. The predicted molar refractivity (Wildman–Crippen MR) is 47.8 cm³/mol. The molecule has 10 heavy (non-hydrogen) atoms. The zero-order valence-corrected chi connectivity index (χ0v) is 6.68. The normalized spacial score (nSPS) is 10.5. The Labute approximate surface area is 64.6 Å². The molecule has 0 spiro atoms. The van der Waals surface area contributed by atoms with E-state index in [1.54, 1.807) is 0 Å². The molecule has 0 N–H and O–H groups in total. The highest BCUT2D eigenvalue weighted by atomic mass is 13.9. The minimum absolute atomic E-state index is 1.00. The van der Waals surface area contributed by atoms with E-state index >= 15 is 0 Å². The van der Waals surface area contributed by atoms with E-state index in [1.165, 1.54) is 19.3 Å². The maximum Gasteiger partial charge on any atom is -0.0172 e. The molecule has 0 rings (SSSR count). The number of hydrogen-bond donors (Lipinski definition) is 0. The SMILES string of the molecule is [CH2]CCCC/C=C/CC=C. The quantitative estimate of drug-likeness (QED) is 0.388.